The van der Waals surface area contributed by atoms with Gasteiger partial charge in [0, 0.05) is 0 Å². The van der Waals surface area contributed by atoms with Crippen molar-refractivity contribution in [3.8, 4) is 5.75 Å². The summed E-state index contributed by atoms with van der Waals surface area (Å²) in [5.41, 5.74) is 3.97. The Morgan fingerprint density at radius 2 is 1.14 bits per heavy atom. The number of rotatable bonds is 4. The van der Waals surface area contributed by atoms with E-state index in [9.17, 15) is 0 Å². The first-order chi connectivity index (χ1) is 10.3. The molecule has 0 fully saturated rings. The fraction of sp³-hybridized carbons (Fsp3) is 0.400. The van der Waals surface area contributed by atoms with E-state index in [2.05, 4.69) is 43.3 Å². The highest BCUT2D eigenvalue weighted by Gasteiger charge is 1.97. The molecule has 0 unspecified atom stereocenters. The normalized spacial score (nSPS) is 8.86. The molecule has 0 aromatic heterocycles. The number of aryl methyl sites for hydroxylation is 1. The molecule has 0 aliphatic rings. The van der Waals surface area contributed by atoms with Gasteiger partial charge in [0.15, 0.2) is 0 Å². The van der Waals surface area contributed by atoms with Crippen LogP contribution < -0.4 is 4.74 Å². The molecule has 0 saturated heterocycles. The standard InChI is InChI=1S/C16H18O.2C2H6/c1-3-17-16-10-8-15(9-11-16)12-14-6-4-13(2)5-7-14;2*1-2/h4-11H,3,12H2,1-2H3;2*1-2H3. The Kier molecular flexibility index (Phi) is 11.0. The summed E-state index contributed by atoms with van der Waals surface area (Å²) in [4.78, 5) is 0. The molecule has 0 heterocycles. The third kappa shape index (κ3) is 7.55. The zero-order valence-electron chi connectivity index (χ0n) is 14.4. The molecule has 0 saturated carbocycles. The second-order valence-electron chi connectivity index (χ2n) is 4.24. The lowest BCUT2D eigenvalue weighted by atomic mass is 10.0. The van der Waals surface area contributed by atoms with Crippen molar-refractivity contribution >= 4 is 0 Å². The smallest absolute Gasteiger partial charge is 0.119 e. The predicted octanol–water partition coefficient (Wildman–Crippen LogP) is 6.04. The molecule has 2 aromatic carbocycles. The van der Waals surface area contributed by atoms with E-state index < -0.39 is 0 Å². The fourth-order valence-electron chi connectivity index (χ4n) is 1.81. The summed E-state index contributed by atoms with van der Waals surface area (Å²) < 4.78 is 5.43. The topological polar surface area (TPSA) is 9.23 Å². The maximum absolute atomic E-state index is 5.43. The summed E-state index contributed by atoms with van der Waals surface area (Å²) >= 11 is 0. The molecule has 21 heavy (non-hydrogen) atoms. The van der Waals surface area contributed by atoms with Crippen LogP contribution in [0.5, 0.6) is 5.75 Å². The molecule has 2 rings (SSSR count). The van der Waals surface area contributed by atoms with Crippen molar-refractivity contribution < 1.29 is 4.74 Å². The molecule has 0 N–H and O–H groups in total. The zero-order chi connectivity index (χ0) is 16.1. The number of benzene rings is 2. The van der Waals surface area contributed by atoms with Gasteiger partial charge < -0.3 is 4.74 Å². The minimum absolute atomic E-state index is 0.720. The highest BCUT2D eigenvalue weighted by atomic mass is 16.5. The lowest BCUT2D eigenvalue weighted by Crippen LogP contribution is -1.92. The van der Waals surface area contributed by atoms with Crippen LogP contribution in [0.1, 0.15) is 51.3 Å². The van der Waals surface area contributed by atoms with Crippen LogP contribution in [0.15, 0.2) is 48.5 Å². The van der Waals surface area contributed by atoms with Gasteiger partial charge in [-0.2, -0.15) is 0 Å². The summed E-state index contributed by atoms with van der Waals surface area (Å²) in [7, 11) is 0. The van der Waals surface area contributed by atoms with E-state index in [1.165, 1.54) is 16.7 Å². The Hall–Kier alpha value is -1.76. The summed E-state index contributed by atoms with van der Waals surface area (Å²) in [6, 6.07) is 17.0. The van der Waals surface area contributed by atoms with E-state index in [4.69, 9.17) is 4.74 Å². The lowest BCUT2D eigenvalue weighted by molar-refractivity contribution is 0.340. The highest BCUT2D eigenvalue weighted by Crippen LogP contribution is 2.15. The Morgan fingerprint density at radius 1 is 0.714 bits per heavy atom. The summed E-state index contributed by atoms with van der Waals surface area (Å²) in [5.74, 6) is 0.945. The first kappa shape index (κ1) is 19.2. The SMILES string of the molecule is CC.CC.CCOc1ccc(Cc2ccc(C)cc2)cc1. The second kappa shape index (κ2) is 12.0. The van der Waals surface area contributed by atoms with Crippen LogP contribution in [0, 0.1) is 6.92 Å². The van der Waals surface area contributed by atoms with Crippen molar-refractivity contribution in [2.75, 3.05) is 6.61 Å². The van der Waals surface area contributed by atoms with Gasteiger partial charge in [-0.25, -0.2) is 0 Å². The summed E-state index contributed by atoms with van der Waals surface area (Å²) in [5, 5.41) is 0. The van der Waals surface area contributed by atoms with E-state index in [0.29, 0.717) is 0 Å². The van der Waals surface area contributed by atoms with Gasteiger partial charge in [0.25, 0.3) is 0 Å². The van der Waals surface area contributed by atoms with Gasteiger partial charge in [0.1, 0.15) is 5.75 Å². The monoisotopic (exact) mass is 286 g/mol. The molecule has 0 atom stereocenters. The van der Waals surface area contributed by atoms with Crippen LogP contribution in [0.25, 0.3) is 0 Å². The van der Waals surface area contributed by atoms with Crippen LogP contribution in [0.4, 0.5) is 0 Å². The van der Waals surface area contributed by atoms with Gasteiger partial charge >= 0.3 is 0 Å². The Labute approximate surface area is 131 Å². The molecule has 0 aliphatic carbocycles. The van der Waals surface area contributed by atoms with Crippen molar-refractivity contribution in [1.29, 1.82) is 0 Å². The van der Waals surface area contributed by atoms with E-state index in [-0.39, 0.29) is 0 Å². The van der Waals surface area contributed by atoms with Crippen molar-refractivity contribution in [1.82, 2.24) is 0 Å². The molecule has 0 radical (unpaired) electrons. The predicted molar refractivity (Wildman–Crippen MR) is 94.3 cm³/mol. The molecule has 1 nitrogen and oxygen atoms in total. The molecular formula is C20H30O. The quantitative estimate of drug-likeness (QED) is 0.666. The molecule has 116 valence electrons. The first-order valence-electron chi connectivity index (χ1n) is 8.05. The molecule has 1 heteroatoms. The van der Waals surface area contributed by atoms with E-state index in [0.717, 1.165) is 18.8 Å². The maximum Gasteiger partial charge on any atom is 0.119 e. The highest BCUT2D eigenvalue weighted by molar-refractivity contribution is 5.32. The third-order valence-electron chi connectivity index (χ3n) is 2.76. The second-order valence-corrected chi connectivity index (χ2v) is 4.24. The number of hydrogen-bond acceptors (Lipinski definition) is 1. The number of ether oxygens (including phenoxy) is 1. The van der Waals surface area contributed by atoms with Crippen LogP contribution in [-0.4, -0.2) is 6.61 Å². The van der Waals surface area contributed by atoms with Crippen molar-refractivity contribution in [2.24, 2.45) is 0 Å². The Bertz CT molecular complexity index is 454. The van der Waals surface area contributed by atoms with E-state index >= 15 is 0 Å². The van der Waals surface area contributed by atoms with E-state index in [1.807, 2.05) is 46.8 Å². The average Bonchev–Trinajstić information content (AvgIpc) is 2.56. The maximum atomic E-state index is 5.43. The molecule has 0 amide bonds. The minimum Gasteiger partial charge on any atom is -0.494 e. The van der Waals surface area contributed by atoms with Crippen molar-refractivity contribution in [2.45, 2.75) is 48.0 Å². The molecule has 0 spiro atoms. The van der Waals surface area contributed by atoms with Gasteiger partial charge in [-0.1, -0.05) is 69.7 Å². The Morgan fingerprint density at radius 3 is 1.57 bits per heavy atom. The van der Waals surface area contributed by atoms with Crippen LogP contribution in [-0.2, 0) is 6.42 Å². The Balaban J connectivity index is 0.000000921. The summed E-state index contributed by atoms with van der Waals surface area (Å²) in [6.07, 6.45) is 0.979. The van der Waals surface area contributed by atoms with Gasteiger partial charge in [0.2, 0.25) is 0 Å². The molecule has 0 aliphatic heterocycles. The van der Waals surface area contributed by atoms with Crippen molar-refractivity contribution in [3.05, 3.63) is 65.2 Å². The fourth-order valence-corrected chi connectivity index (χ4v) is 1.81. The third-order valence-corrected chi connectivity index (χ3v) is 2.76. The van der Waals surface area contributed by atoms with Gasteiger partial charge in [-0.15, -0.1) is 0 Å². The average molecular weight is 286 g/mol. The first-order valence-corrected chi connectivity index (χ1v) is 8.05. The number of hydrogen-bond donors (Lipinski definition) is 0. The van der Waals surface area contributed by atoms with E-state index in [1.54, 1.807) is 0 Å². The van der Waals surface area contributed by atoms with Crippen LogP contribution >= 0.6 is 0 Å². The lowest BCUT2D eigenvalue weighted by Gasteiger charge is -2.05. The summed E-state index contributed by atoms with van der Waals surface area (Å²) in [6.45, 7) is 12.8. The van der Waals surface area contributed by atoms with Crippen LogP contribution in [0.3, 0.4) is 0 Å². The van der Waals surface area contributed by atoms with Crippen molar-refractivity contribution in [3.63, 3.8) is 0 Å². The van der Waals surface area contributed by atoms with Gasteiger partial charge in [-0.05, 0) is 43.5 Å². The van der Waals surface area contributed by atoms with Crippen LogP contribution in [0.2, 0.25) is 0 Å². The molecule has 2 aromatic rings. The largest absolute Gasteiger partial charge is 0.494 e. The zero-order valence-corrected chi connectivity index (χ0v) is 14.4. The van der Waals surface area contributed by atoms with Gasteiger partial charge in [0.05, 0.1) is 6.61 Å². The molecule has 0 bridgehead atoms. The minimum atomic E-state index is 0.720. The molecular weight excluding hydrogens is 256 g/mol. The van der Waals surface area contributed by atoms with Gasteiger partial charge in [-0.3, -0.25) is 0 Å².